The quantitative estimate of drug-likeness (QED) is 0.335. The molecule has 2 N–H and O–H groups in total. The second-order valence-electron chi connectivity index (χ2n) is 13.4. The summed E-state index contributed by atoms with van der Waals surface area (Å²) in [7, 11) is -2.80. The van der Waals surface area contributed by atoms with Crippen LogP contribution in [0.25, 0.3) is 0 Å². The molecule has 0 aliphatic heterocycles. The third-order valence-electron chi connectivity index (χ3n) is 6.35. The fourth-order valence-corrected chi connectivity index (χ4v) is 9.30. The number of hydrogen-bond donors (Lipinski definition) is 2. The molecular weight excluding hydrogens is 520 g/mol. The van der Waals surface area contributed by atoms with E-state index >= 15 is 0 Å². The van der Waals surface area contributed by atoms with Gasteiger partial charge in [0.05, 0.1) is 12.6 Å². The molecule has 222 valence electrons. The minimum Gasteiger partial charge on any atom is -0.444 e. The summed E-state index contributed by atoms with van der Waals surface area (Å²) in [5.74, 6) is 0. The van der Waals surface area contributed by atoms with Gasteiger partial charge in [-0.3, -0.25) is 0 Å². The first-order valence-corrected chi connectivity index (χ1v) is 16.1. The molecule has 0 aliphatic carbocycles. The van der Waals surface area contributed by atoms with Gasteiger partial charge in [0.2, 0.25) is 0 Å². The van der Waals surface area contributed by atoms with Gasteiger partial charge < -0.3 is 24.5 Å². The van der Waals surface area contributed by atoms with Crippen molar-refractivity contribution in [2.24, 2.45) is 0 Å². The van der Waals surface area contributed by atoms with Crippen LogP contribution in [0, 0.1) is 0 Å². The van der Waals surface area contributed by atoms with E-state index in [2.05, 4.69) is 79.9 Å². The largest absolute Gasteiger partial charge is 0.444 e. The van der Waals surface area contributed by atoms with E-state index in [1.807, 2.05) is 60.6 Å². The summed E-state index contributed by atoms with van der Waals surface area (Å²) in [5.41, 5.74) is -1.20. The number of ether oxygens (including phenoxy) is 2. The molecule has 7 nitrogen and oxygen atoms in total. The molecule has 0 saturated carbocycles. The highest BCUT2D eigenvalue weighted by atomic mass is 28.4. The monoisotopic (exact) mass is 570 g/mol. The number of hydrogen-bond acceptors (Lipinski definition) is 5. The molecule has 0 heterocycles. The predicted octanol–water partition coefficient (Wildman–Crippen LogP) is 6.15. The van der Waals surface area contributed by atoms with Gasteiger partial charge in [-0.2, -0.15) is 0 Å². The van der Waals surface area contributed by atoms with Crippen molar-refractivity contribution >= 4 is 30.9 Å². The lowest BCUT2D eigenvalue weighted by Gasteiger charge is -2.43. The highest BCUT2D eigenvalue weighted by Crippen LogP contribution is 2.37. The van der Waals surface area contributed by atoms with Crippen LogP contribution in [0.2, 0.25) is 5.04 Å². The van der Waals surface area contributed by atoms with Gasteiger partial charge in [-0.1, -0.05) is 81.4 Å². The van der Waals surface area contributed by atoms with E-state index in [-0.39, 0.29) is 17.1 Å². The summed E-state index contributed by atoms with van der Waals surface area (Å²) in [6.07, 6.45) is 0.245. The SMILES string of the molecule is CC(CCC(CO[Si](c1ccccc1)(c1ccccc1)C(C)(C)C)NC(=O)OC(C)(C)C)NC(=O)OC(C)(C)C. The second kappa shape index (κ2) is 13.7. The Bertz CT molecular complexity index is 1030. The maximum atomic E-state index is 12.8. The summed E-state index contributed by atoms with van der Waals surface area (Å²) in [4.78, 5) is 25.1. The molecule has 2 rings (SSSR count). The zero-order valence-electron chi connectivity index (χ0n) is 26.1. The molecule has 2 unspecified atom stereocenters. The molecule has 2 atom stereocenters. The van der Waals surface area contributed by atoms with E-state index in [0.717, 1.165) is 0 Å². The van der Waals surface area contributed by atoms with Crippen molar-refractivity contribution in [2.75, 3.05) is 6.61 Å². The molecule has 2 aromatic carbocycles. The Balaban J connectivity index is 2.34. The van der Waals surface area contributed by atoms with Crippen molar-refractivity contribution in [3.8, 4) is 0 Å². The Morgan fingerprint density at radius 3 is 1.52 bits per heavy atom. The van der Waals surface area contributed by atoms with Crippen LogP contribution in [-0.2, 0) is 13.9 Å². The van der Waals surface area contributed by atoms with Gasteiger partial charge in [-0.15, -0.1) is 0 Å². The normalized spacial score (nSPS) is 14.2. The zero-order chi connectivity index (χ0) is 30.2. The minimum absolute atomic E-state index is 0.161. The molecule has 0 aliphatic rings. The lowest BCUT2D eigenvalue weighted by Crippen LogP contribution is -2.67. The maximum absolute atomic E-state index is 12.8. The smallest absolute Gasteiger partial charge is 0.407 e. The Morgan fingerprint density at radius 1 is 0.700 bits per heavy atom. The first kappa shape index (κ1) is 33.4. The number of rotatable bonds is 10. The maximum Gasteiger partial charge on any atom is 0.407 e. The van der Waals surface area contributed by atoms with E-state index in [0.29, 0.717) is 19.4 Å². The van der Waals surface area contributed by atoms with Crippen molar-refractivity contribution < 1.29 is 23.5 Å². The third kappa shape index (κ3) is 10.3. The van der Waals surface area contributed by atoms with Gasteiger partial charge in [0, 0.05) is 6.04 Å². The number of amides is 2. The highest BCUT2D eigenvalue weighted by molar-refractivity contribution is 6.99. The van der Waals surface area contributed by atoms with E-state index in [1.165, 1.54) is 10.4 Å². The highest BCUT2D eigenvalue weighted by Gasteiger charge is 2.50. The fraction of sp³-hybridized carbons (Fsp3) is 0.562. The van der Waals surface area contributed by atoms with Gasteiger partial charge in [0.15, 0.2) is 0 Å². The number of carbonyl (C=O) groups excluding carboxylic acids is 2. The van der Waals surface area contributed by atoms with Crippen LogP contribution in [0.4, 0.5) is 9.59 Å². The van der Waals surface area contributed by atoms with Gasteiger partial charge >= 0.3 is 12.2 Å². The van der Waals surface area contributed by atoms with Gasteiger partial charge in [0.1, 0.15) is 11.2 Å². The lowest BCUT2D eigenvalue weighted by atomic mass is 10.1. The fourth-order valence-electron chi connectivity index (χ4n) is 4.69. The molecular formula is C32H50N2O5Si. The van der Waals surface area contributed by atoms with Crippen LogP contribution in [0.3, 0.4) is 0 Å². The van der Waals surface area contributed by atoms with Gasteiger partial charge in [-0.25, -0.2) is 9.59 Å². The van der Waals surface area contributed by atoms with Crippen LogP contribution < -0.4 is 21.0 Å². The summed E-state index contributed by atoms with van der Waals surface area (Å²) in [6.45, 7) is 19.9. The molecule has 40 heavy (non-hydrogen) atoms. The van der Waals surface area contributed by atoms with Crippen LogP contribution in [0.15, 0.2) is 60.7 Å². The summed E-state index contributed by atoms with van der Waals surface area (Å²) < 4.78 is 18.1. The van der Waals surface area contributed by atoms with Crippen molar-refractivity contribution in [3.63, 3.8) is 0 Å². The lowest BCUT2D eigenvalue weighted by molar-refractivity contribution is 0.0462. The first-order valence-electron chi connectivity index (χ1n) is 14.2. The average Bonchev–Trinajstić information content (AvgIpc) is 2.80. The number of benzene rings is 2. The molecule has 2 amide bonds. The van der Waals surface area contributed by atoms with Crippen LogP contribution in [0.5, 0.6) is 0 Å². The molecule has 2 aromatic rings. The Kier molecular flexibility index (Phi) is 11.4. The molecule has 0 spiro atoms. The molecule has 0 radical (unpaired) electrons. The Hall–Kier alpha value is -2.84. The molecule has 0 saturated heterocycles. The zero-order valence-corrected chi connectivity index (χ0v) is 27.1. The topological polar surface area (TPSA) is 85.9 Å². The predicted molar refractivity (Wildman–Crippen MR) is 165 cm³/mol. The van der Waals surface area contributed by atoms with Gasteiger partial charge in [0.25, 0.3) is 8.32 Å². The standard InChI is InChI=1S/C32H50N2O5Si/c1-24(33-28(35)38-30(2,3)4)21-22-25(34-29(36)39-31(5,6)7)23-37-40(32(8,9)10,26-17-13-11-14-18-26)27-19-15-12-16-20-27/h11-20,24-25H,21-23H2,1-10H3,(H,33,35)(H,34,36). The van der Waals surface area contributed by atoms with Crippen molar-refractivity contribution in [1.29, 1.82) is 0 Å². The summed E-state index contributed by atoms with van der Waals surface area (Å²) in [5, 5.41) is 8.08. The van der Waals surface area contributed by atoms with E-state index in [4.69, 9.17) is 13.9 Å². The molecule has 0 aromatic heterocycles. The van der Waals surface area contributed by atoms with Crippen LogP contribution >= 0.6 is 0 Å². The summed E-state index contributed by atoms with van der Waals surface area (Å²) >= 11 is 0. The van der Waals surface area contributed by atoms with Crippen molar-refractivity contribution in [2.45, 2.75) is 110 Å². The minimum atomic E-state index is -2.80. The molecule has 0 bridgehead atoms. The van der Waals surface area contributed by atoms with E-state index in [1.54, 1.807) is 0 Å². The van der Waals surface area contributed by atoms with Gasteiger partial charge in [-0.05, 0) is 76.7 Å². The van der Waals surface area contributed by atoms with Crippen molar-refractivity contribution in [1.82, 2.24) is 10.6 Å². The number of alkyl carbamates (subject to hydrolysis) is 2. The molecule has 0 fully saturated rings. The van der Waals surface area contributed by atoms with Crippen LogP contribution in [0.1, 0.15) is 82.1 Å². The Morgan fingerprint density at radius 2 is 1.12 bits per heavy atom. The Labute approximate surface area is 242 Å². The van der Waals surface area contributed by atoms with Crippen LogP contribution in [-0.4, -0.2) is 50.4 Å². The average molecular weight is 571 g/mol. The third-order valence-corrected chi connectivity index (χ3v) is 11.4. The number of nitrogens with one attached hydrogen (secondary N) is 2. The number of carbonyl (C=O) groups is 2. The van der Waals surface area contributed by atoms with E-state index in [9.17, 15) is 9.59 Å². The van der Waals surface area contributed by atoms with E-state index < -0.39 is 31.7 Å². The van der Waals surface area contributed by atoms with Crippen molar-refractivity contribution in [3.05, 3.63) is 60.7 Å². The molecule has 8 heteroatoms. The summed E-state index contributed by atoms with van der Waals surface area (Å²) in [6, 6.07) is 20.3. The second-order valence-corrected chi connectivity index (χ2v) is 17.7. The first-order chi connectivity index (χ1) is 18.4.